The standard InChI is InChI=1S/C17H19NO4/c1-15(2)16(3,17(15,4)14(21)22)9-18-12(19)10-7-5-6-8-11(10)13(18)20/h5-8H,9H2,1-4H3,(H,21,22)/t16-,17+/m0/s1. The Bertz CT molecular complexity index is 688. The number of imide groups is 1. The van der Waals surface area contributed by atoms with E-state index in [0.717, 1.165) is 0 Å². The van der Waals surface area contributed by atoms with Gasteiger partial charge in [0.05, 0.1) is 16.5 Å². The molecule has 0 bridgehead atoms. The summed E-state index contributed by atoms with van der Waals surface area (Å²) in [7, 11) is 0. The van der Waals surface area contributed by atoms with Crippen molar-refractivity contribution in [3.8, 4) is 0 Å². The van der Waals surface area contributed by atoms with Crippen molar-refractivity contribution in [2.24, 2.45) is 16.2 Å². The van der Waals surface area contributed by atoms with Gasteiger partial charge in [0, 0.05) is 12.0 Å². The minimum absolute atomic E-state index is 0.120. The van der Waals surface area contributed by atoms with Gasteiger partial charge in [0.15, 0.2) is 0 Å². The average Bonchev–Trinajstić information content (AvgIpc) is 2.69. The minimum atomic E-state index is -0.963. The van der Waals surface area contributed by atoms with Crippen molar-refractivity contribution in [1.82, 2.24) is 4.90 Å². The molecule has 1 N–H and O–H groups in total. The van der Waals surface area contributed by atoms with E-state index in [1.54, 1.807) is 31.2 Å². The predicted octanol–water partition coefficient (Wildman–Crippen LogP) is 2.42. The molecule has 2 amide bonds. The van der Waals surface area contributed by atoms with Crippen LogP contribution in [0.4, 0.5) is 0 Å². The SMILES string of the molecule is CC1(C)[C@](C)(CN2C(=O)c3ccccc3C2=O)[C@]1(C)C(=O)O. The van der Waals surface area contributed by atoms with Gasteiger partial charge in [0.25, 0.3) is 11.8 Å². The second kappa shape index (κ2) is 3.97. The molecule has 1 aromatic rings. The van der Waals surface area contributed by atoms with Crippen molar-refractivity contribution in [2.75, 3.05) is 6.54 Å². The zero-order valence-corrected chi connectivity index (χ0v) is 13.1. The fourth-order valence-corrected chi connectivity index (χ4v) is 4.01. The molecule has 1 heterocycles. The highest BCUT2D eigenvalue weighted by Crippen LogP contribution is 2.78. The van der Waals surface area contributed by atoms with Gasteiger partial charge in [-0.3, -0.25) is 19.3 Å². The van der Waals surface area contributed by atoms with Gasteiger partial charge in [-0.15, -0.1) is 0 Å². The van der Waals surface area contributed by atoms with Gasteiger partial charge in [-0.25, -0.2) is 0 Å². The largest absolute Gasteiger partial charge is 0.481 e. The van der Waals surface area contributed by atoms with Crippen LogP contribution in [-0.2, 0) is 4.79 Å². The minimum Gasteiger partial charge on any atom is -0.481 e. The first-order chi connectivity index (χ1) is 10.1. The van der Waals surface area contributed by atoms with Crippen molar-refractivity contribution in [1.29, 1.82) is 0 Å². The maximum atomic E-state index is 12.5. The van der Waals surface area contributed by atoms with E-state index in [1.807, 2.05) is 20.8 Å². The first-order valence-corrected chi connectivity index (χ1v) is 7.28. The van der Waals surface area contributed by atoms with E-state index < -0.39 is 22.2 Å². The van der Waals surface area contributed by atoms with Gasteiger partial charge >= 0.3 is 5.97 Å². The van der Waals surface area contributed by atoms with E-state index in [-0.39, 0.29) is 18.4 Å². The number of benzene rings is 1. The second-order valence-electron chi connectivity index (χ2n) is 7.13. The molecule has 0 spiro atoms. The number of fused-ring (bicyclic) bond motifs is 1. The van der Waals surface area contributed by atoms with Gasteiger partial charge in [-0.2, -0.15) is 0 Å². The molecular weight excluding hydrogens is 282 g/mol. The van der Waals surface area contributed by atoms with E-state index in [4.69, 9.17) is 0 Å². The summed E-state index contributed by atoms with van der Waals surface area (Å²) in [5.74, 6) is -1.56. The van der Waals surface area contributed by atoms with E-state index in [9.17, 15) is 19.5 Å². The third kappa shape index (κ3) is 1.36. The number of carbonyl (C=O) groups is 3. The highest BCUT2D eigenvalue weighted by molar-refractivity contribution is 6.21. The van der Waals surface area contributed by atoms with Gasteiger partial charge in [-0.05, 0) is 24.5 Å². The summed E-state index contributed by atoms with van der Waals surface area (Å²) >= 11 is 0. The number of hydrogen-bond acceptors (Lipinski definition) is 3. The molecule has 0 aromatic heterocycles. The average molecular weight is 301 g/mol. The fourth-order valence-electron chi connectivity index (χ4n) is 4.01. The second-order valence-corrected chi connectivity index (χ2v) is 7.13. The Labute approximate surface area is 128 Å². The van der Waals surface area contributed by atoms with E-state index in [2.05, 4.69) is 0 Å². The molecule has 5 heteroatoms. The van der Waals surface area contributed by atoms with E-state index in [0.29, 0.717) is 11.1 Å². The molecular formula is C17H19NO4. The molecule has 3 rings (SSSR count). The van der Waals surface area contributed by atoms with Crippen LogP contribution < -0.4 is 0 Å². The van der Waals surface area contributed by atoms with Crippen LogP contribution in [0.5, 0.6) is 0 Å². The topological polar surface area (TPSA) is 74.7 Å². The van der Waals surface area contributed by atoms with Gasteiger partial charge < -0.3 is 5.11 Å². The number of aliphatic carboxylic acids is 1. The first-order valence-electron chi connectivity index (χ1n) is 7.28. The number of rotatable bonds is 3. The highest BCUT2D eigenvalue weighted by atomic mass is 16.4. The molecule has 1 aliphatic carbocycles. The number of nitrogens with zero attached hydrogens (tertiary/aromatic N) is 1. The predicted molar refractivity (Wildman–Crippen MR) is 79.4 cm³/mol. The maximum absolute atomic E-state index is 12.5. The number of carboxylic acids is 1. The van der Waals surface area contributed by atoms with Crippen molar-refractivity contribution >= 4 is 17.8 Å². The lowest BCUT2D eigenvalue weighted by Gasteiger charge is -2.22. The summed E-state index contributed by atoms with van der Waals surface area (Å²) < 4.78 is 0. The Hall–Kier alpha value is -2.17. The maximum Gasteiger partial charge on any atom is 0.310 e. The summed E-state index contributed by atoms with van der Waals surface area (Å²) in [6.07, 6.45) is 0. The van der Waals surface area contributed by atoms with Gasteiger partial charge in [0.2, 0.25) is 0 Å². The van der Waals surface area contributed by atoms with Crippen molar-refractivity contribution in [3.05, 3.63) is 35.4 Å². The Kier molecular flexibility index (Phi) is 2.66. The van der Waals surface area contributed by atoms with Crippen molar-refractivity contribution in [2.45, 2.75) is 27.7 Å². The van der Waals surface area contributed by atoms with Crippen molar-refractivity contribution < 1.29 is 19.5 Å². The first kappa shape index (κ1) is 14.8. The van der Waals surface area contributed by atoms with Crippen LogP contribution in [0.2, 0.25) is 0 Å². The van der Waals surface area contributed by atoms with E-state index in [1.165, 1.54) is 4.90 Å². The molecule has 2 atom stereocenters. The fraction of sp³-hybridized carbons (Fsp3) is 0.471. The molecule has 0 radical (unpaired) electrons. The molecule has 1 aromatic carbocycles. The highest BCUT2D eigenvalue weighted by Gasteiger charge is 2.81. The molecule has 5 nitrogen and oxygen atoms in total. The Morgan fingerprint density at radius 3 is 1.86 bits per heavy atom. The molecule has 116 valence electrons. The summed E-state index contributed by atoms with van der Waals surface area (Å²) in [5.41, 5.74) is -1.33. The lowest BCUT2D eigenvalue weighted by molar-refractivity contribution is -0.145. The molecule has 0 saturated heterocycles. The lowest BCUT2D eigenvalue weighted by atomic mass is 9.95. The van der Waals surface area contributed by atoms with Gasteiger partial charge in [0.1, 0.15) is 0 Å². The summed E-state index contributed by atoms with van der Waals surface area (Å²) in [5, 5.41) is 9.57. The van der Waals surface area contributed by atoms with Crippen LogP contribution in [0.15, 0.2) is 24.3 Å². The van der Waals surface area contributed by atoms with Crippen LogP contribution in [0.25, 0.3) is 0 Å². The van der Waals surface area contributed by atoms with Crippen molar-refractivity contribution in [3.63, 3.8) is 0 Å². The normalized spacial score (nSPS) is 32.1. The Morgan fingerprint density at radius 2 is 1.50 bits per heavy atom. The van der Waals surface area contributed by atoms with E-state index >= 15 is 0 Å². The summed E-state index contributed by atoms with van der Waals surface area (Å²) in [6.45, 7) is 7.39. The van der Waals surface area contributed by atoms with Crippen LogP contribution in [0, 0.1) is 16.2 Å². The molecule has 1 fully saturated rings. The van der Waals surface area contributed by atoms with Crippen LogP contribution in [0.1, 0.15) is 48.4 Å². The summed E-state index contributed by atoms with van der Waals surface area (Å²) in [6, 6.07) is 6.70. The Morgan fingerprint density at radius 1 is 1.05 bits per heavy atom. The third-order valence-electron chi connectivity index (χ3n) is 6.45. The van der Waals surface area contributed by atoms with Crippen LogP contribution in [-0.4, -0.2) is 34.3 Å². The number of carbonyl (C=O) groups excluding carboxylic acids is 2. The van der Waals surface area contributed by atoms with Crippen LogP contribution in [0.3, 0.4) is 0 Å². The monoisotopic (exact) mass is 301 g/mol. The molecule has 1 aliphatic heterocycles. The zero-order valence-electron chi connectivity index (χ0n) is 13.1. The van der Waals surface area contributed by atoms with Crippen LogP contribution >= 0.6 is 0 Å². The quantitative estimate of drug-likeness (QED) is 0.870. The van der Waals surface area contributed by atoms with Gasteiger partial charge in [-0.1, -0.05) is 32.9 Å². The number of hydrogen-bond donors (Lipinski definition) is 1. The molecule has 22 heavy (non-hydrogen) atoms. The summed E-state index contributed by atoms with van der Waals surface area (Å²) in [4.78, 5) is 37.8. The lowest BCUT2D eigenvalue weighted by Crippen LogP contribution is -2.37. The Balaban J connectivity index is 1.95. The third-order valence-corrected chi connectivity index (χ3v) is 6.45. The molecule has 1 saturated carbocycles. The number of carboxylic acid groups (broad SMARTS) is 1. The zero-order chi connectivity index (χ0) is 16.5. The molecule has 2 aliphatic rings. The molecule has 0 unspecified atom stereocenters. The number of amides is 2. The smallest absolute Gasteiger partial charge is 0.310 e.